The number of aromatic nitrogens is 1. The summed E-state index contributed by atoms with van der Waals surface area (Å²) in [6.07, 6.45) is 34.9. The van der Waals surface area contributed by atoms with Gasteiger partial charge >= 0.3 is 5.97 Å². The fourth-order valence-corrected chi connectivity index (χ4v) is 7.22. The van der Waals surface area contributed by atoms with E-state index in [1.54, 1.807) is 6.07 Å². The van der Waals surface area contributed by atoms with Crippen molar-refractivity contribution in [3.63, 3.8) is 0 Å². The molecule has 0 spiro atoms. The van der Waals surface area contributed by atoms with E-state index < -0.39 is 0 Å². The molecule has 0 amide bonds. The molecule has 8 heteroatoms. The van der Waals surface area contributed by atoms with Gasteiger partial charge in [-0.25, -0.2) is 4.98 Å². The number of fused-ring (bicyclic) bond motifs is 2. The molecule has 0 radical (unpaired) electrons. The first kappa shape index (κ1) is 42.2. The number of thiophene rings is 1. The summed E-state index contributed by atoms with van der Waals surface area (Å²) in [5, 5.41) is 4.55. The van der Waals surface area contributed by atoms with E-state index in [1.807, 2.05) is 41.7 Å². The molecule has 1 aliphatic heterocycles. The van der Waals surface area contributed by atoms with Gasteiger partial charge in [0.15, 0.2) is 0 Å². The number of esters is 1. The fraction of sp³-hybridized carbons (Fsp3) is 0.375. The summed E-state index contributed by atoms with van der Waals surface area (Å²) in [5.74, 6) is 0.904. The summed E-state index contributed by atoms with van der Waals surface area (Å²) in [6.45, 7) is 8.04. The highest BCUT2D eigenvalue weighted by Crippen LogP contribution is 2.31. The first-order chi connectivity index (χ1) is 27.7. The van der Waals surface area contributed by atoms with Crippen LogP contribution < -0.4 is 14.4 Å². The number of hydrogen-bond donors (Lipinski definition) is 0. The summed E-state index contributed by atoms with van der Waals surface area (Å²) in [7, 11) is 0. The van der Waals surface area contributed by atoms with Gasteiger partial charge in [0.2, 0.25) is 12.7 Å². The zero-order valence-corrected chi connectivity index (χ0v) is 33.9. The van der Waals surface area contributed by atoms with Gasteiger partial charge in [-0.05, 0) is 106 Å². The van der Waals surface area contributed by atoms with Crippen LogP contribution >= 0.6 is 11.3 Å². The van der Waals surface area contributed by atoms with Gasteiger partial charge in [-0.15, -0.1) is 11.3 Å². The Morgan fingerprint density at radius 2 is 1.43 bits per heavy atom. The SMILES string of the molecule is CC/C=C\C/C=C\C/C=C\C/C=C\C/C=C\C/C=C\CCC(=O)OCOc1ccc2ccc(OCCCCN3CCN(c4cccc5sccc45)CC3)cc2n1. The molecule has 0 N–H and O–H groups in total. The van der Waals surface area contributed by atoms with Gasteiger partial charge in [-0.1, -0.05) is 85.9 Å². The molecule has 0 bridgehead atoms. The molecule has 0 saturated carbocycles. The van der Waals surface area contributed by atoms with Crippen molar-refractivity contribution in [2.24, 2.45) is 0 Å². The van der Waals surface area contributed by atoms with E-state index >= 15 is 0 Å². The number of ether oxygens (including phenoxy) is 3. The topological polar surface area (TPSA) is 64.1 Å². The van der Waals surface area contributed by atoms with E-state index in [1.165, 1.54) is 15.8 Å². The fourth-order valence-electron chi connectivity index (χ4n) is 6.41. The standard InChI is InChI=1S/C48H59N3O4S/c1-2-3-4-5-6-7-8-9-10-11-12-13-14-15-16-17-18-19-20-26-48(52)55-40-54-47-30-28-41-27-29-42(39-44(41)49-47)53-37-22-21-32-50-33-35-51(36-34-50)45-24-23-25-46-43(45)31-38-56-46/h3-4,6-7,9-10,12-13,15-16,18-19,23-25,27-31,38-39H,2,5,8,11,14,17,20-22,26,32-37,40H2,1H3/b4-3-,7-6-,10-9-,13-12-,16-15-,19-18-. The number of piperazine rings is 1. The van der Waals surface area contributed by atoms with Crippen LogP contribution in [0.4, 0.5) is 5.69 Å². The number of anilines is 1. The van der Waals surface area contributed by atoms with Gasteiger partial charge in [0, 0.05) is 65.9 Å². The van der Waals surface area contributed by atoms with Gasteiger partial charge in [-0.2, -0.15) is 0 Å². The molecular formula is C48H59N3O4S. The van der Waals surface area contributed by atoms with E-state index in [2.05, 4.69) is 118 Å². The van der Waals surface area contributed by atoms with E-state index in [4.69, 9.17) is 14.2 Å². The largest absolute Gasteiger partial charge is 0.494 e. The van der Waals surface area contributed by atoms with Crippen molar-refractivity contribution >= 4 is 44.0 Å². The van der Waals surface area contributed by atoms with Crippen molar-refractivity contribution < 1.29 is 19.0 Å². The van der Waals surface area contributed by atoms with Crippen LogP contribution in [0, 0.1) is 0 Å². The van der Waals surface area contributed by atoms with E-state index in [9.17, 15) is 4.79 Å². The predicted octanol–water partition coefficient (Wildman–Crippen LogP) is 11.8. The van der Waals surface area contributed by atoms with E-state index in [-0.39, 0.29) is 12.8 Å². The number of unbranched alkanes of at least 4 members (excludes halogenated alkanes) is 1. The highest BCUT2D eigenvalue weighted by molar-refractivity contribution is 7.17. The van der Waals surface area contributed by atoms with Crippen LogP contribution in [0.3, 0.4) is 0 Å². The lowest BCUT2D eigenvalue weighted by Crippen LogP contribution is -2.46. The third-order valence-electron chi connectivity index (χ3n) is 9.50. The Hall–Kier alpha value is -4.92. The average molecular weight is 774 g/mol. The van der Waals surface area contributed by atoms with Gasteiger partial charge in [0.25, 0.3) is 0 Å². The minimum absolute atomic E-state index is 0.170. The average Bonchev–Trinajstić information content (AvgIpc) is 3.71. The minimum atomic E-state index is -0.296. The summed E-state index contributed by atoms with van der Waals surface area (Å²) in [6, 6.07) is 18.6. The van der Waals surface area contributed by atoms with Gasteiger partial charge in [0.1, 0.15) is 5.75 Å². The van der Waals surface area contributed by atoms with E-state index in [0.717, 1.165) is 101 Å². The van der Waals surface area contributed by atoms with E-state index in [0.29, 0.717) is 25.3 Å². The highest BCUT2D eigenvalue weighted by atomic mass is 32.1. The molecular weight excluding hydrogens is 715 g/mol. The molecule has 0 aliphatic carbocycles. The molecule has 2 aromatic carbocycles. The summed E-state index contributed by atoms with van der Waals surface area (Å²) in [4.78, 5) is 21.9. The van der Waals surface area contributed by atoms with Crippen molar-refractivity contribution in [2.75, 3.05) is 51.0 Å². The predicted molar refractivity (Wildman–Crippen MR) is 236 cm³/mol. The Labute approximate surface area is 338 Å². The Kier molecular flexibility index (Phi) is 19.1. The lowest BCUT2D eigenvalue weighted by atomic mass is 10.2. The maximum atomic E-state index is 12.2. The number of rotatable bonds is 24. The number of carbonyl (C=O) groups excluding carboxylic acids is 1. The number of benzene rings is 2. The first-order valence-electron chi connectivity index (χ1n) is 20.3. The number of nitrogens with zero attached hydrogens (tertiary/aromatic N) is 3. The van der Waals surface area contributed by atoms with Crippen LogP contribution in [0.5, 0.6) is 11.6 Å². The van der Waals surface area contributed by atoms with Crippen LogP contribution in [-0.2, 0) is 9.53 Å². The zero-order valence-electron chi connectivity index (χ0n) is 33.1. The molecule has 0 unspecified atom stereocenters. The Bertz CT molecular complexity index is 1930. The number of allylic oxidation sites excluding steroid dienone is 12. The molecule has 7 nitrogen and oxygen atoms in total. The van der Waals surface area contributed by atoms with Crippen molar-refractivity contribution in [1.29, 1.82) is 0 Å². The second-order valence-electron chi connectivity index (χ2n) is 13.7. The Morgan fingerprint density at radius 3 is 2.14 bits per heavy atom. The number of hydrogen-bond acceptors (Lipinski definition) is 8. The summed E-state index contributed by atoms with van der Waals surface area (Å²) < 4.78 is 18.4. The lowest BCUT2D eigenvalue weighted by molar-refractivity contribution is -0.150. The molecule has 56 heavy (non-hydrogen) atoms. The van der Waals surface area contributed by atoms with Crippen LogP contribution in [0.1, 0.15) is 71.1 Å². The maximum absolute atomic E-state index is 12.2. The Balaban J connectivity index is 0.879. The van der Waals surface area contributed by atoms with Crippen LogP contribution in [0.2, 0.25) is 0 Å². The molecule has 296 valence electrons. The lowest BCUT2D eigenvalue weighted by Gasteiger charge is -2.36. The minimum Gasteiger partial charge on any atom is -0.494 e. The van der Waals surface area contributed by atoms with Crippen LogP contribution in [-0.4, -0.2) is 62.0 Å². The summed E-state index contributed by atoms with van der Waals surface area (Å²) in [5.41, 5.74) is 2.15. The second-order valence-corrected chi connectivity index (χ2v) is 14.7. The highest BCUT2D eigenvalue weighted by Gasteiger charge is 2.18. The molecule has 0 atom stereocenters. The first-order valence-corrected chi connectivity index (χ1v) is 21.2. The number of carbonyl (C=O) groups is 1. The molecule has 4 aromatic rings. The molecule has 3 heterocycles. The molecule has 1 aliphatic rings. The van der Waals surface area contributed by atoms with Crippen molar-refractivity contribution in [2.45, 2.75) is 71.1 Å². The van der Waals surface area contributed by atoms with Gasteiger partial charge in [0.05, 0.1) is 12.1 Å². The smallest absolute Gasteiger partial charge is 0.308 e. The number of pyridine rings is 1. The van der Waals surface area contributed by atoms with Crippen LogP contribution in [0.25, 0.3) is 21.0 Å². The van der Waals surface area contributed by atoms with Crippen molar-refractivity contribution in [3.8, 4) is 11.6 Å². The second kappa shape index (κ2) is 25.3. The maximum Gasteiger partial charge on any atom is 0.308 e. The van der Waals surface area contributed by atoms with Crippen molar-refractivity contribution in [1.82, 2.24) is 9.88 Å². The van der Waals surface area contributed by atoms with Gasteiger partial charge < -0.3 is 19.1 Å². The summed E-state index contributed by atoms with van der Waals surface area (Å²) >= 11 is 1.81. The quantitative estimate of drug-likeness (QED) is 0.0304. The monoisotopic (exact) mass is 773 g/mol. The van der Waals surface area contributed by atoms with Crippen molar-refractivity contribution in [3.05, 3.63) is 133 Å². The normalized spacial score (nSPS) is 14.3. The van der Waals surface area contributed by atoms with Gasteiger partial charge in [-0.3, -0.25) is 9.69 Å². The molecule has 5 rings (SSSR count). The molecule has 1 saturated heterocycles. The molecule has 1 fully saturated rings. The molecule has 2 aromatic heterocycles. The van der Waals surface area contributed by atoms with Crippen LogP contribution in [0.15, 0.2) is 133 Å². The Morgan fingerprint density at radius 1 is 0.750 bits per heavy atom. The third-order valence-corrected chi connectivity index (χ3v) is 10.4. The zero-order chi connectivity index (χ0) is 38.9. The third kappa shape index (κ3) is 15.3.